The molecule has 37 heavy (non-hydrogen) atoms. The van der Waals surface area contributed by atoms with Crippen LogP contribution in [0.25, 0.3) is 11.1 Å². The largest absolute Gasteiger partial charge is 0.492 e. The molecule has 196 valence electrons. The molecule has 1 fully saturated rings. The SMILES string of the molecule is COc1nc(COc2cccc(-c3cccc(OCCCN4CCOCC4)c3Cl)c2Cl)c(Cl)cc1C=O. The lowest BCUT2D eigenvalue weighted by Crippen LogP contribution is -2.37. The molecule has 7 nitrogen and oxygen atoms in total. The van der Waals surface area contributed by atoms with Crippen molar-refractivity contribution < 1.29 is 23.7 Å². The summed E-state index contributed by atoms with van der Waals surface area (Å²) in [6, 6.07) is 12.5. The molecule has 0 atom stereocenters. The minimum Gasteiger partial charge on any atom is -0.492 e. The van der Waals surface area contributed by atoms with Gasteiger partial charge in [0, 0.05) is 30.8 Å². The number of carbonyl (C=O) groups excluding carboxylic acids is 1. The van der Waals surface area contributed by atoms with Crippen LogP contribution in [0.2, 0.25) is 15.1 Å². The fourth-order valence-electron chi connectivity index (χ4n) is 3.97. The molecule has 1 aromatic heterocycles. The number of hydrogen-bond donors (Lipinski definition) is 0. The first kappa shape index (κ1) is 27.5. The van der Waals surface area contributed by atoms with E-state index in [0.717, 1.165) is 44.8 Å². The van der Waals surface area contributed by atoms with Crippen molar-refractivity contribution in [3.63, 3.8) is 0 Å². The van der Waals surface area contributed by atoms with Crippen LogP contribution in [0.4, 0.5) is 0 Å². The number of benzene rings is 2. The number of carbonyl (C=O) groups is 1. The predicted octanol–water partition coefficient (Wildman–Crippen LogP) is 6.21. The van der Waals surface area contributed by atoms with Crippen LogP contribution < -0.4 is 14.2 Å². The van der Waals surface area contributed by atoms with Crippen LogP contribution in [0, 0.1) is 0 Å². The van der Waals surface area contributed by atoms with Crippen LogP contribution in [0.1, 0.15) is 22.5 Å². The van der Waals surface area contributed by atoms with Crippen LogP contribution in [-0.2, 0) is 11.3 Å². The normalized spacial score (nSPS) is 13.8. The van der Waals surface area contributed by atoms with Gasteiger partial charge in [0.15, 0.2) is 6.29 Å². The first-order valence-corrected chi connectivity index (χ1v) is 13.0. The van der Waals surface area contributed by atoms with Gasteiger partial charge in [0.2, 0.25) is 5.88 Å². The van der Waals surface area contributed by atoms with Crippen molar-refractivity contribution in [3.05, 3.63) is 68.8 Å². The molecule has 10 heteroatoms. The highest BCUT2D eigenvalue weighted by Gasteiger charge is 2.17. The monoisotopic (exact) mass is 564 g/mol. The summed E-state index contributed by atoms with van der Waals surface area (Å²) in [6.07, 6.45) is 1.52. The van der Waals surface area contributed by atoms with E-state index >= 15 is 0 Å². The molecule has 0 bridgehead atoms. The van der Waals surface area contributed by atoms with Gasteiger partial charge in [-0.25, -0.2) is 4.98 Å². The van der Waals surface area contributed by atoms with E-state index in [0.29, 0.717) is 45.7 Å². The predicted molar refractivity (Wildman–Crippen MR) is 145 cm³/mol. The highest BCUT2D eigenvalue weighted by atomic mass is 35.5. The summed E-state index contributed by atoms with van der Waals surface area (Å²) < 4.78 is 22.5. The molecule has 0 unspecified atom stereocenters. The third kappa shape index (κ3) is 6.86. The van der Waals surface area contributed by atoms with Crippen molar-refractivity contribution in [3.8, 4) is 28.5 Å². The number of nitrogens with zero attached hydrogens (tertiary/aromatic N) is 2. The van der Waals surface area contributed by atoms with Crippen LogP contribution in [0.3, 0.4) is 0 Å². The average Bonchev–Trinajstić information content (AvgIpc) is 2.92. The zero-order valence-electron chi connectivity index (χ0n) is 20.3. The molecule has 1 saturated heterocycles. The lowest BCUT2D eigenvalue weighted by Gasteiger charge is -2.26. The molecular weight excluding hydrogens is 539 g/mol. The summed E-state index contributed by atoms with van der Waals surface area (Å²) in [7, 11) is 1.43. The fourth-order valence-corrected chi connectivity index (χ4v) is 4.75. The molecule has 2 aromatic carbocycles. The van der Waals surface area contributed by atoms with Gasteiger partial charge in [-0.05, 0) is 24.6 Å². The summed E-state index contributed by atoms with van der Waals surface area (Å²) in [5.74, 6) is 1.21. The smallest absolute Gasteiger partial charge is 0.224 e. The molecular formula is C27H27Cl3N2O5. The number of hydrogen-bond acceptors (Lipinski definition) is 7. The Labute approximate surface area is 231 Å². The lowest BCUT2D eigenvalue weighted by atomic mass is 10.0. The quantitative estimate of drug-likeness (QED) is 0.202. The number of aldehydes is 1. The average molecular weight is 566 g/mol. The molecule has 2 heterocycles. The number of methoxy groups -OCH3 is 1. The second kappa shape index (κ2) is 13.3. The second-order valence-corrected chi connectivity index (χ2v) is 9.48. The Balaban J connectivity index is 1.45. The van der Waals surface area contributed by atoms with Crippen LogP contribution >= 0.6 is 34.8 Å². The Morgan fingerprint density at radius 3 is 2.27 bits per heavy atom. The third-order valence-electron chi connectivity index (χ3n) is 5.92. The maximum absolute atomic E-state index is 11.2. The zero-order valence-corrected chi connectivity index (χ0v) is 22.6. The van der Waals surface area contributed by atoms with Gasteiger partial charge in [0.05, 0.1) is 47.6 Å². The third-order valence-corrected chi connectivity index (χ3v) is 7.03. The van der Waals surface area contributed by atoms with E-state index in [4.69, 9.17) is 53.8 Å². The molecule has 3 aromatic rings. The minimum absolute atomic E-state index is 0.0253. The van der Waals surface area contributed by atoms with Gasteiger partial charge in [-0.1, -0.05) is 59.1 Å². The molecule has 0 saturated carbocycles. The molecule has 0 aliphatic carbocycles. The van der Waals surface area contributed by atoms with Gasteiger partial charge in [-0.2, -0.15) is 0 Å². The van der Waals surface area contributed by atoms with E-state index in [9.17, 15) is 4.79 Å². The first-order valence-electron chi connectivity index (χ1n) is 11.8. The van der Waals surface area contributed by atoms with E-state index in [1.54, 1.807) is 6.07 Å². The summed E-state index contributed by atoms with van der Waals surface area (Å²) in [6.45, 7) is 4.99. The standard InChI is InChI=1S/C27H27Cl3N2O5/c1-34-27-18(16-33)15-21(28)22(31-27)17-37-24-8-3-6-20(26(24)30)19-5-2-7-23(25(19)29)36-12-4-9-32-10-13-35-14-11-32/h2-3,5-8,15-16H,4,9-14,17H2,1H3. The Hall–Kier alpha value is -2.55. The second-order valence-electron chi connectivity index (χ2n) is 8.31. The van der Waals surface area contributed by atoms with E-state index in [2.05, 4.69) is 9.88 Å². The van der Waals surface area contributed by atoms with E-state index in [1.807, 2.05) is 30.3 Å². The first-order chi connectivity index (χ1) is 18.0. The molecule has 1 aliphatic rings. The Morgan fingerprint density at radius 2 is 1.65 bits per heavy atom. The van der Waals surface area contributed by atoms with Crippen molar-refractivity contribution in [2.75, 3.05) is 46.6 Å². The van der Waals surface area contributed by atoms with Gasteiger partial charge < -0.3 is 18.9 Å². The Bertz CT molecular complexity index is 1230. The number of aromatic nitrogens is 1. The highest BCUT2D eigenvalue weighted by molar-refractivity contribution is 6.38. The van der Waals surface area contributed by atoms with E-state index < -0.39 is 0 Å². The molecule has 0 radical (unpaired) electrons. The molecule has 0 N–H and O–H groups in total. The van der Waals surface area contributed by atoms with Gasteiger partial charge in [-0.3, -0.25) is 9.69 Å². The number of ether oxygens (including phenoxy) is 4. The molecule has 1 aliphatic heterocycles. The van der Waals surface area contributed by atoms with Crippen LogP contribution in [0.15, 0.2) is 42.5 Å². The lowest BCUT2D eigenvalue weighted by molar-refractivity contribution is 0.0358. The van der Waals surface area contributed by atoms with Crippen molar-refractivity contribution in [2.24, 2.45) is 0 Å². The van der Waals surface area contributed by atoms with Crippen molar-refractivity contribution in [1.82, 2.24) is 9.88 Å². The van der Waals surface area contributed by atoms with Crippen LogP contribution in [0.5, 0.6) is 17.4 Å². The number of pyridine rings is 1. The van der Waals surface area contributed by atoms with E-state index in [-0.39, 0.29) is 23.1 Å². The Kier molecular flexibility index (Phi) is 9.88. The zero-order chi connectivity index (χ0) is 26.2. The van der Waals surface area contributed by atoms with Gasteiger partial charge in [-0.15, -0.1) is 0 Å². The molecule has 4 rings (SSSR count). The maximum Gasteiger partial charge on any atom is 0.224 e. The van der Waals surface area contributed by atoms with Crippen molar-refractivity contribution >= 4 is 41.1 Å². The summed E-state index contributed by atoms with van der Waals surface area (Å²) in [5, 5.41) is 1.16. The minimum atomic E-state index is 0.0253. The maximum atomic E-state index is 11.2. The highest BCUT2D eigenvalue weighted by Crippen LogP contribution is 2.42. The summed E-state index contributed by atoms with van der Waals surface area (Å²) in [4.78, 5) is 17.8. The van der Waals surface area contributed by atoms with Crippen LogP contribution in [-0.4, -0.2) is 62.7 Å². The summed E-state index contributed by atoms with van der Waals surface area (Å²) in [5.41, 5.74) is 2.11. The number of rotatable bonds is 11. The van der Waals surface area contributed by atoms with Crippen molar-refractivity contribution in [1.29, 1.82) is 0 Å². The van der Waals surface area contributed by atoms with Gasteiger partial charge >= 0.3 is 0 Å². The topological polar surface area (TPSA) is 70.1 Å². The Morgan fingerprint density at radius 1 is 1.00 bits per heavy atom. The molecule has 0 amide bonds. The van der Waals surface area contributed by atoms with E-state index in [1.165, 1.54) is 13.2 Å². The van der Waals surface area contributed by atoms with Gasteiger partial charge in [0.1, 0.15) is 23.8 Å². The summed E-state index contributed by atoms with van der Waals surface area (Å²) >= 11 is 19.7. The number of halogens is 3. The van der Waals surface area contributed by atoms with Crippen molar-refractivity contribution in [2.45, 2.75) is 13.0 Å². The molecule has 0 spiro atoms. The van der Waals surface area contributed by atoms with Gasteiger partial charge in [0.25, 0.3) is 0 Å². The number of morpholine rings is 1. The fraction of sp³-hybridized carbons (Fsp3) is 0.333.